The number of halogens is 1. The van der Waals surface area contributed by atoms with Gasteiger partial charge in [0.2, 0.25) is 5.91 Å². The van der Waals surface area contributed by atoms with E-state index in [1.807, 2.05) is 37.3 Å². The van der Waals surface area contributed by atoms with Crippen LogP contribution < -0.4 is 0 Å². The zero-order valence-corrected chi connectivity index (χ0v) is 15.4. The molecule has 5 heteroatoms. The number of carbonyl (C=O) groups excluding carboxylic acids is 2. The number of allylic oxidation sites excluding steroid dienone is 1. The van der Waals surface area contributed by atoms with Crippen LogP contribution in [-0.4, -0.2) is 47.8 Å². The quantitative estimate of drug-likeness (QED) is 0.774. The van der Waals surface area contributed by atoms with Crippen molar-refractivity contribution in [1.82, 2.24) is 9.80 Å². The molecule has 0 spiro atoms. The summed E-state index contributed by atoms with van der Waals surface area (Å²) in [5, 5.41) is 0.609. The van der Waals surface area contributed by atoms with Crippen molar-refractivity contribution >= 4 is 29.0 Å². The highest BCUT2D eigenvalue weighted by Crippen LogP contribution is 2.15. The van der Waals surface area contributed by atoms with Crippen LogP contribution in [0, 0.1) is 0 Å². The molecule has 0 N–H and O–H groups in total. The highest BCUT2D eigenvalue weighted by Gasteiger charge is 2.24. The maximum atomic E-state index is 12.5. The molecule has 1 aliphatic rings. The Labute approximate surface area is 158 Å². The number of nitrogens with zero attached hydrogens (tertiary/aromatic N) is 2. The van der Waals surface area contributed by atoms with Crippen LogP contribution in [-0.2, 0) is 4.79 Å². The highest BCUT2D eigenvalue weighted by molar-refractivity contribution is 6.30. The summed E-state index contributed by atoms with van der Waals surface area (Å²) in [4.78, 5) is 28.6. The second-order valence-electron chi connectivity index (χ2n) is 6.32. The largest absolute Gasteiger partial charge is 0.336 e. The Kier molecular flexibility index (Phi) is 5.74. The number of rotatable bonds is 3. The first-order valence-electron chi connectivity index (χ1n) is 8.62. The van der Waals surface area contributed by atoms with Gasteiger partial charge in [0.05, 0.1) is 0 Å². The van der Waals surface area contributed by atoms with E-state index in [1.54, 1.807) is 40.1 Å². The van der Waals surface area contributed by atoms with Crippen molar-refractivity contribution in [3.8, 4) is 0 Å². The van der Waals surface area contributed by atoms with E-state index in [2.05, 4.69) is 0 Å². The molecular formula is C21H21ClN2O2. The lowest BCUT2D eigenvalue weighted by Crippen LogP contribution is -2.50. The second-order valence-corrected chi connectivity index (χ2v) is 6.75. The number of benzene rings is 2. The third kappa shape index (κ3) is 4.33. The minimum atomic E-state index is -0.0234. The van der Waals surface area contributed by atoms with Crippen molar-refractivity contribution in [2.45, 2.75) is 6.92 Å². The highest BCUT2D eigenvalue weighted by atomic mass is 35.5. The molecule has 2 aromatic rings. The maximum absolute atomic E-state index is 12.5. The molecule has 1 aliphatic heterocycles. The molecule has 4 nitrogen and oxygen atoms in total. The van der Waals surface area contributed by atoms with Crippen molar-refractivity contribution in [3.63, 3.8) is 0 Å². The van der Waals surface area contributed by atoms with E-state index in [4.69, 9.17) is 11.6 Å². The van der Waals surface area contributed by atoms with E-state index in [-0.39, 0.29) is 11.8 Å². The van der Waals surface area contributed by atoms with E-state index in [1.165, 1.54) is 0 Å². The molecule has 1 saturated heterocycles. The van der Waals surface area contributed by atoms with Crippen LogP contribution >= 0.6 is 11.6 Å². The van der Waals surface area contributed by atoms with Gasteiger partial charge in [-0.05, 0) is 42.3 Å². The standard InChI is InChI=1S/C21H21ClN2O2/c1-16(17-5-3-2-4-6-17)15-20(25)23-11-13-24(14-12-23)21(26)18-7-9-19(22)10-8-18/h2-10,15H,11-14H2,1H3/b16-15+. The first-order chi connectivity index (χ1) is 12.5. The van der Waals surface area contributed by atoms with Gasteiger partial charge in [-0.2, -0.15) is 0 Å². The Bertz CT molecular complexity index is 808. The van der Waals surface area contributed by atoms with Gasteiger partial charge in [0.15, 0.2) is 0 Å². The molecule has 2 amide bonds. The van der Waals surface area contributed by atoms with Crippen LogP contribution in [0.15, 0.2) is 60.7 Å². The van der Waals surface area contributed by atoms with Crippen LogP contribution in [0.2, 0.25) is 5.02 Å². The van der Waals surface area contributed by atoms with E-state index >= 15 is 0 Å². The van der Waals surface area contributed by atoms with Crippen molar-refractivity contribution in [2.24, 2.45) is 0 Å². The lowest BCUT2D eigenvalue weighted by molar-refractivity contribution is -0.127. The fourth-order valence-corrected chi connectivity index (χ4v) is 3.09. The summed E-state index contributed by atoms with van der Waals surface area (Å²) in [6.45, 7) is 4.08. The molecule has 0 unspecified atom stereocenters. The van der Waals surface area contributed by atoms with Crippen LogP contribution in [0.5, 0.6) is 0 Å². The van der Waals surface area contributed by atoms with Gasteiger partial charge in [0, 0.05) is 42.8 Å². The summed E-state index contributed by atoms with van der Waals surface area (Å²) in [6, 6.07) is 16.7. The molecule has 0 radical (unpaired) electrons. The lowest BCUT2D eigenvalue weighted by atomic mass is 10.1. The van der Waals surface area contributed by atoms with Gasteiger partial charge in [-0.1, -0.05) is 41.9 Å². The molecule has 134 valence electrons. The summed E-state index contributed by atoms with van der Waals surface area (Å²) in [6.07, 6.45) is 1.67. The zero-order valence-electron chi connectivity index (χ0n) is 14.7. The van der Waals surface area contributed by atoms with Crippen molar-refractivity contribution in [1.29, 1.82) is 0 Å². The van der Waals surface area contributed by atoms with Gasteiger partial charge in [-0.15, -0.1) is 0 Å². The van der Waals surface area contributed by atoms with Gasteiger partial charge in [-0.3, -0.25) is 9.59 Å². The number of amides is 2. The average molecular weight is 369 g/mol. The first kappa shape index (κ1) is 18.2. The summed E-state index contributed by atoms with van der Waals surface area (Å²) < 4.78 is 0. The molecule has 1 heterocycles. The zero-order chi connectivity index (χ0) is 18.5. The van der Waals surface area contributed by atoms with Gasteiger partial charge in [0.1, 0.15) is 0 Å². The molecular weight excluding hydrogens is 348 g/mol. The summed E-state index contributed by atoms with van der Waals surface area (Å²) >= 11 is 5.87. The molecule has 0 saturated carbocycles. The van der Waals surface area contributed by atoms with Crippen LogP contribution in [0.1, 0.15) is 22.8 Å². The first-order valence-corrected chi connectivity index (χ1v) is 9.00. The van der Waals surface area contributed by atoms with Crippen molar-refractivity contribution < 1.29 is 9.59 Å². The third-order valence-corrected chi connectivity index (χ3v) is 4.79. The minimum absolute atomic E-state index is 0.00931. The van der Waals surface area contributed by atoms with Gasteiger partial charge < -0.3 is 9.80 Å². The molecule has 0 aromatic heterocycles. The molecule has 26 heavy (non-hydrogen) atoms. The lowest BCUT2D eigenvalue weighted by Gasteiger charge is -2.34. The van der Waals surface area contributed by atoms with Crippen LogP contribution in [0.4, 0.5) is 0 Å². The predicted molar refractivity (Wildman–Crippen MR) is 104 cm³/mol. The van der Waals surface area contributed by atoms with Gasteiger partial charge in [-0.25, -0.2) is 0 Å². The third-order valence-electron chi connectivity index (χ3n) is 4.54. The maximum Gasteiger partial charge on any atom is 0.253 e. The molecule has 0 aliphatic carbocycles. The normalized spacial score (nSPS) is 15.1. The van der Waals surface area contributed by atoms with Crippen molar-refractivity contribution in [3.05, 3.63) is 76.8 Å². The fraction of sp³-hybridized carbons (Fsp3) is 0.238. The average Bonchev–Trinajstić information content (AvgIpc) is 2.69. The Hall–Kier alpha value is -2.59. The monoisotopic (exact) mass is 368 g/mol. The van der Waals surface area contributed by atoms with E-state index in [9.17, 15) is 9.59 Å². The molecule has 1 fully saturated rings. The van der Waals surface area contributed by atoms with Crippen LogP contribution in [0.3, 0.4) is 0 Å². The molecule has 0 bridgehead atoms. The number of carbonyl (C=O) groups is 2. The number of hydrogen-bond acceptors (Lipinski definition) is 2. The van der Waals surface area contributed by atoms with Gasteiger partial charge >= 0.3 is 0 Å². The summed E-state index contributed by atoms with van der Waals surface area (Å²) in [5.41, 5.74) is 2.60. The smallest absolute Gasteiger partial charge is 0.253 e. The summed E-state index contributed by atoms with van der Waals surface area (Å²) in [7, 11) is 0. The number of piperazine rings is 1. The molecule has 0 atom stereocenters. The molecule has 3 rings (SSSR count). The molecule has 2 aromatic carbocycles. The van der Waals surface area contributed by atoms with Gasteiger partial charge in [0.25, 0.3) is 5.91 Å². The Morgan fingerprint density at radius 1 is 0.846 bits per heavy atom. The van der Waals surface area contributed by atoms with E-state index in [0.717, 1.165) is 11.1 Å². The van der Waals surface area contributed by atoms with Crippen molar-refractivity contribution in [2.75, 3.05) is 26.2 Å². The summed E-state index contributed by atoms with van der Waals surface area (Å²) in [5.74, 6) is -0.0327. The SMILES string of the molecule is C/C(=C\C(=O)N1CCN(C(=O)c2ccc(Cl)cc2)CC1)c1ccccc1. The Morgan fingerprint density at radius 2 is 1.42 bits per heavy atom. The Morgan fingerprint density at radius 3 is 2.04 bits per heavy atom. The fourth-order valence-electron chi connectivity index (χ4n) is 2.97. The van der Waals surface area contributed by atoms with Crippen LogP contribution in [0.25, 0.3) is 5.57 Å². The van der Waals surface area contributed by atoms with E-state index < -0.39 is 0 Å². The predicted octanol–water partition coefficient (Wildman–Crippen LogP) is 3.73. The number of hydrogen-bond donors (Lipinski definition) is 0. The minimum Gasteiger partial charge on any atom is -0.336 e. The topological polar surface area (TPSA) is 40.6 Å². The Balaban J connectivity index is 1.58. The second kappa shape index (κ2) is 8.19. The van der Waals surface area contributed by atoms with E-state index in [0.29, 0.717) is 36.8 Å².